The monoisotopic (exact) mass is 584 g/mol. The van der Waals surface area contributed by atoms with E-state index in [2.05, 4.69) is 140 Å². The average molecular weight is 585 g/mol. The summed E-state index contributed by atoms with van der Waals surface area (Å²) in [5, 5.41) is 4.14. The van der Waals surface area contributed by atoms with Gasteiger partial charge in [-0.05, 0) is 101 Å². The minimum Gasteiger partial charge on any atom is -0.315 e. The highest BCUT2D eigenvalue weighted by molar-refractivity contribution is 7.00. The molecule has 8 aromatic rings. The maximum absolute atomic E-state index is 2.70. The summed E-state index contributed by atoms with van der Waals surface area (Å²) in [6, 6.07) is 40.3. The van der Waals surface area contributed by atoms with Crippen molar-refractivity contribution in [1.29, 1.82) is 0 Å². The molecule has 0 atom stereocenters. The lowest BCUT2D eigenvalue weighted by atomic mass is 9.33. The predicted octanol–water partition coefficient (Wildman–Crippen LogP) is 7.78. The van der Waals surface area contributed by atoms with Crippen LogP contribution in [0.5, 0.6) is 0 Å². The maximum atomic E-state index is 2.70. The Hall–Kier alpha value is -5.28. The molecule has 6 aromatic carbocycles. The van der Waals surface area contributed by atoms with Gasteiger partial charge in [0.05, 0.1) is 10.9 Å². The Morgan fingerprint density at radius 3 is 1.96 bits per heavy atom. The predicted molar refractivity (Wildman–Crippen MR) is 192 cm³/mol. The highest BCUT2D eigenvalue weighted by Gasteiger charge is 2.54. The Balaban J connectivity index is 1.41. The van der Waals surface area contributed by atoms with Crippen LogP contribution in [-0.4, -0.2) is 15.8 Å². The van der Waals surface area contributed by atoms with Crippen molar-refractivity contribution in [3.8, 4) is 22.5 Å². The molecule has 1 spiro atoms. The van der Waals surface area contributed by atoms with E-state index in [1.54, 1.807) is 0 Å². The molecule has 2 nitrogen and oxygen atoms in total. The first-order chi connectivity index (χ1) is 22.5. The minimum atomic E-state index is -0.406. The zero-order chi connectivity index (χ0) is 30.4. The van der Waals surface area contributed by atoms with Gasteiger partial charge in [-0.1, -0.05) is 96.1 Å². The van der Waals surface area contributed by atoms with Crippen LogP contribution in [0.4, 0.5) is 0 Å². The lowest BCUT2D eigenvalue weighted by Crippen LogP contribution is -2.60. The summed E-state index contributed by atoms with van der Waals surface area (Å²) >= 11 is 0. The fourth-order valence-electron chi connectivity index (χ4n) is 10.6. The molecule has 4 aliphatic rings. The number of fused-ring (bicyclic) bond motifs is 11. The molecule has 12 rings (SSSR count). The van der Waals surface area contributed by atoms with Crippen molar-refractivity contribution in [1.82, 2.24) is 9.13 Å². The first kappa shape index (κ1) is 24.0. The fourth-order valence-corrected chi connectivity index (χ4v) is 10.6. The van der Waals surface area contributed by atoms with Crippen molar-refractivity contribution in [3.63, 3.8) is 0 Å². The van der Waals surface area contributed by atoms with Gasteiger partial charge in [0.1, 0.15) is 0 Å². The zero-order valence-electron chi connectivity index (χ0n) is 26.3. The number of rotatable bonds is 0. The van der Waals surface area contributed by atoms with Crippen molar-refractivity contribution < 1.29 is 0 Å². The third kappa shape index (κ3) is 2.27. The van der Waals surface area contributed by atoms with E-state index in [0.29, 0.717) is 0 Å². The number of para-hydroxylation sites is 1. The summed E-state index contributed by atoms with van der Waals surface area (Å²) in [4.78, 5) is 0. The van der Waals surface area contributed by atoms with Crippen LogP contribution in [0.1, 0.15) is 44.6 Å². The van der Waals surface area contributed by atoms with Gasteiger partial charge in [-0.25, -0.2) is 0 Å². The highest BCUT2D eigenvalue weighted by Crippen LogP contribution is 2.61. The number of hydrogen-bond acceptors (Lipinski definition) is 0. The maximum Gasteiger partial charge on any atom is 0.252 e. The van der Waals surface area contributed by atoms with Crippen LogP contribution in [0.25, 0.3) is 55.2 Å². The molecule has 214 valence electrons. The quantitative estimate of drug-likeness (QED) is 0.161. The van der Waals surface area contributed by atoms with Gasteiger partial charge in [-0.2, -0.15) is 0 Å². The van der Waals surface area contributed by atoms with E-state index in [1.807, 2.05) is 0 Å². The van der Waals surface area contributed by atoms with Gasteiger partial charge in [-0.15, -0.1) is 0 Å². The van der Waals surface area contributed by atoms with Crippen LogP contribution in [0.2, 0.25) is 0 Å². The third-order valence-corrected chi connectivity index (χ3v) is 12.2. The molecule has 0 amide bonds. The smallest absolute Gasteiger partial charge is 0.252 e. The van der Waals surface area contributed by atoms with Crippen LogP contribution >= 0.6 is 0 Å². The van der Waals surface area contributed by atoms with Crippen molar-refractivity contribution in [2.24, 2.45) is 0 Å². The fraction of sp³-hybridized carbons (Fsp3) is 0.116. The summed E-state index contributed by atoms with van der Waals surface area (Å²) in [6.45, 7) is 9.35. The molecule has 0 saturated heterocycles. The Labute approximate surface area is 267 Å². The molecule has 1 aliphatic carbocycles. The Bertz CT molecular complexity index is 2760. The lowest BCUT2D eigenvalue weighted by Gasteiger charge is -2.44. The van der Waals surface area contributed by atoms with Crippen LogP contribution in [0.15, 0.2) is 103 Å². The second kappa shape index (κ2) is 7.40. The summed E-state index contributed by atoms with van der Waals surface area (Å²) in [5.74, 6) is 0. The first-order valence-electron chi connectivity index (χ1n) is 16.6. The summed E-state index contributed by atoms with van der Waals surface area (Å²) in [7, 11) is 0. The van der Waals surface area contributed by atoms with E-state index in [1.165, 1.54) is 116 Å². The first-order valence-corrected chi connectivity index (χ1v) is 16.6. The molecule has 46 heavy (non-hydrogen) atoms. The second-order valence-corrected chi connectivity index (χ2v) is 14.3. The van der Waals surface area contributed by atoms with Crippen molar-refractivity contribution in [3.05, 3.63) is 148 Å². The lowest BCUT2D eigenvalue weighted by molar-refractivity contribution is 0.748. The van der Waals surface area contributed by atoms with E-state index >= 15 is 0 Å². The molecule has 5 heterocycles. The second-order valence-electron chi connectivity index (χ2n) is 14.3. The summed E-state index contributed by atoms with van der Waals surface area (Å²) in [5.41, 5.74) is 24.5. The molecule has 3 aliphatic heterocycles. The number of aromatic nitrogens is 2. The molecular weight excluding hydrogens is 555 g/mol. The van der Waals surface area contributed by atoms with Crippen LogP contribution < -0.4 is 16.4 Å². The molecule has 3 heteroatoms. The summed E-state index contributed by atoms with van der Waals surface area (Å²) in [6.07, 6.45) is 0. The van der Waals surface area contributed by atoms with Gasteiger partial charge in [0, 0.05) is 44.3 Å². The zero-order valence-corrected chi connectivity index (χ0v) is 26.3. The van der Waals surface area contributed by atoms with Gasteiger partial charge in [-0.3, -0.25) is 0 Å². The van der Waals surface area contributed by atoms with Gasteiger partial charge >= 0.3 is 0 Å². The Morgan fingerprint density at radius 1 is 0.522 bits per heavy atom. The molecule has 0 unspecified atom stereocenters. The van der Waals surface area contributed by atoms with E-state index in [-0.39, 0.29) is 6.71 Å². The number of benzene rings is 6. The Morgan fingerprint density at radius 2 is 1.20 bits per heavy atom. The van der Waals surface area contributed by atoms with Gasteiger partial charge in [0.15, 0.2) is 0 Å². The van der Waals surface area contributed by atoms with Crippen LogP contribution in [0.3, 0.4) is 0 Å². The van der Waals surface area contributed by atoms with Crippen molar-refractivity contribution >= 4 is 55.8 Å². The largest absolute Gasteiger partial charge is 0.315 e. The van der Waals surface area contributed by atoms with Crippen molar-refractivity contribution in [2.75, 3.05) is 0 Å². The van der Waals surface area contributed by atoms with Gasteiger partial charge < -0.3 is 9.13 Å². The molecule has 0 fully saturated rings. The van der Waals surface area contributed by atoms with E-state index in [9.17, 15) is 0 Å². The number of nitrogens with zero attached hydrogens (tertiary/aromatic N) is 2. The van der Waals surface area contributed by atoms with Gasteiger partial charge in [0.2, 0.25) is 0 Å². The summed E-state index contributed by atoms with van der Waals surface area (Å²) < 4.78 is 5.28. The molecule has 0 saturated carbocycles. The molecule has 2 aromatic heterocycles. The van der Waals surface area contributed by atoms with Crippen LogP contribution in [0, 0.1) is 27.7 Å². The molecular formula is C43H29BN2. The van der Waals surface area contributed by atoms with Gasteiger partial charge in [0.25, 0.3) is 6.71 Å². The van der Waals surface area contributed by atoms with Crippen molar-refractivity contribution in [2.45, 2.75) is 33.1 Å². The van der Waals surface area contributed by atoms with E-state index in [4.69, 9.17) is 0 Å². The topological polar surface area (TPSA) is 9.86 Å². The number of hydrogen-bond donors (Lipinski definition) is 0. The SMILES string of the molecule is Cc1cc2c3c(c1)c1cc(C)cc4c1n3-c1c(ccc3c1B2c1cccc2c(C)c(C)n-3c12)C41c2ccccc2-c2ccccc21. The average Bonchev–Trinajstić information content (AvgIpc) is 3.65. The third-order valence-electron chi connectivity index (χ3n) is 12.2. The standard InChI is InChI=1S/C43H29BN2/c1-22-18-29-30-19-23(2)21-36-41(30)46-39(29)34(20-22)43(31-13-7-5-10-27(31)28-11-6-8-14-32(28)43)33-16-17-37-38(42(33)46)44(36)35-15-9-12-26-24(3)25(4)45(37)40(26)35/h5-21H,1-4H3. The number of aryl methyl sites for hydroxylation is 3. The highest BCUT2D eigenvalue weighted by atomic mass is 15.1. The van der Waals surface area contributed by atoms with Crippen LogP contribution in [-0.2, 0) is 5.41 Å². The normalized spacial score (nSPS) is 15.1. The van der Waals surface area contributed by atoms with E-state index in [0.717, 1.165) is 0 Å². The minimum absolute atomic E-state index is 0.167. The molecule has 0 bridgehead atoms. The van der Waals surface area contributed by atoms with E-state index < -0.39 is 5.41 Å². The molecule has 0 radical (unpaired) electrons. The Kier molecular flexibility index (Phi) is 3.86. The molecule has 0 N–H and O–H groups in total.